The van der Waals surface area contributed by atoms with Crippen molar-refractivity contribution in [3.63, 3.8) is 0 Å². The number of methoxy groups -OCH3 is 1. The summed E-state index contributed by atoms with van der Waals surface area (Å²) in [7, 11) is -0.298. The Bertz CT molecular complexity index is 1660. The molecule has 11 heteroatoms. The maximum Gasteiger partial charge on any atom is 0.311 e. The van der Waals surface area contributed by atoms with Crippen molar-refractivity contribution < 1.29 is 44.2 Å². The van der Waals surface area contributed by atoms with Crippen LogP contribution < -0.4 is 15.9 Å². The Hall–Kier alpha value is -2.76. The van der Waals surface area contributed by atoms with Crippen molar-refractivity contribution in [1.29, 1.82) is 0 Å². The molecule has 11 atom stereocenters. The van der Waals surface area contributed by atoms with E-state index < -0.39 is 73.2 Å². The zero-order valence-corrected chi connectivity index (χ0v) is 39.4. The van der Waals surface area contributed by atoms with Crippen LogP contribution in [0.4, 0.5) is 0 Å². The Kier molecular flexibility index (Phi) is 19.0. The van der Waals surface area contributed by atoms with Crippen LogP contribution in [0, 0.1) is 11.8 Å². The third-order valence-corrected chi connectivity index (χ3v) is 18.2. The molecule has 0 aliphatic carbocycles. The second-order valence-electron chi connectivity index (χ2n) is 18.8. The second-order valence-corrected chi connectivity index (χ2v) is 22.4. The fourth-order valence-corrected chi connectivity index (χ4v) is 14.1. The molecule has 0 aromatic heterocycles. The van der Waals surface area contributed by atoms with E-state index in [-0.39, 0.29) is 18.9 Å². The predicted molar refractivity (Wildman–Crippen MR) is 250 cm³/mol. The van der Waals surface area contributed by atoms with Crippen LogP contribution in [0.2, 0.25) is 0 Å². The van der Waals surface area contributed by atoms with E-state index in [1.807, 2.05) is 13.8 Å². The van der Waals surface area contributed by atoms with Crippen molar-refractivity contribution in [2.45, 2.75) is 160 Å². The van der Waals surface area contributed by atoms with Gasteiger partial charge in [0.2, 0.25) is 0 Å². The number of esters is 1. The van der Waals surface area contributed by atoms with Gasteiger partial charge in [-0.25, -0.2) is 0 Å². The standard InChI is InChI=1S/C51H77NO9P/c1-37-33-41(53)29-30-45(61-46-34-51(6,58-7)48(55)40(4)60-46)38(2)49(56)59-36-50(5,57)47(54)39(3)52(35-37)31-21-10-8-9-11-22-32-62(42-23-15-12-16-24-42,43-25-17-13-18-26-43)44-27-19-14-20-28-44/h12-20,23-28,37-41,45-48,53-55,57H,8-11,21-22,29-36H2,1-7H3/q+1/t37-,38-,39-,40+,41+,45+,46+,47-,48+,50-,51-/m1/s1. The molecule has 62 heavy (non-hydrogen) atoms. The zero-order chi connectivity index (χ0) is 44.9. The monoisotopic (exact) mass is 879 g/mol. The summed E-state index contributed by atoms with van der Waals surface area (Å²) in [5.41, 5.74) is -2.61. The van der Waals surface area contributed by atoms with E-state index in [2.05, 4.69) is 103 Å². The molecule has 0 saturated carbocycles. The minimum atomic E-state index is -1.84. The van der Waals surface area contributed by atoms with Gasteiger partial charge in [0.15, 0.2) is 6.29 Å². The van der Waals surface area contributed by atoms with Crippen LogP contribution in [0.1, 0.15) is 106 Å². The molecule has 0 unspecified atom stereocenters. The number of carbonyl (C=O) groups excluding carboxylic acids is 1. The normalized spacial score (nSPS) is 32.4. The summed E-state index contributed by atoms with van der Waals surface area (Å²) in [5, 5.41) is 49.5. The second kappa shape index (κ2) is 23.4. The van der Waals surface area contributed by atoms with Crippen molar-refractivity contribution in [3.05, 3.63) is 91.0 Å². The summed E-state index contributed by atoms with van der Waals surface area (Å²) in [5.74, 6) is -1.24. The molecule has 10 nitrogen and oxygen atoms in total. The highest BCUT2D eigenvalue weighted by atomic mass is 31.2. The van der Waals surface area contributed by atoms with Gasteiger partial charge < -0.3 is 39.4 Å². The van der Waals surface area contributed by atoms with Crippen LogP contribution in [-0.4, -0.2) is 118 Å². The van der Waals surface area contributed by atoms with Crippen LogP contribution in [0.25, 0.3) is 0 Å². The first kappa shape index (κ1) is 50.2. The lowest BCUT2D eigenvalue weighted by Gasteiger charge is -2.45. The maximum absolute atomic E-state index is 13.5. The minimum absolute atomic E-state index is 0.0956. The molecule has 2 fully saturated rings. The number of aliphatic hydroxyl groups excluding tert-OH is 3. The Balaban J connectivity index is 1.18. The Morgan fingerprint density at radius 2 is 1.29 bits per heavy atom. The van der Waals surface area contributed by atoms with E-state index >= 15 is 0 Å². The highest BCUT2D eigenvalue weighted by Gasteiger charge is 2.47. The lowest BCUT2D eigenvalue weighted by atomic mass is 9.88. The van der Waals surface area contributed by atoms with Crippen LogP contribution in [0.5, 0.6) is 0 Å². The molecule has 0 spiro atoms. The van der Waals surface area contributed by atoms with Gasteiger partial charge in [0.1, 0.15) is 47.6 Å². The molecule has 2 aliphatic rings. The molecular formula is C51H77NO9P+. The fraction of sp³-hybridized carbons (Fsp3) is 0.627. The van der Waals surface area contributed by atoms with Crippen molar-refractivity contribution in [2.24, 2.45) is 11.8 Å². The van der Waals surface area contributed by atoms with E-state index in [4.69, 9.17) is 18.9 Å². The number of cyclic esters (lactones) is 1. The number of carbonyl (C=O) groups is 1. The van der Waals surface area contributed by atoms with Crippen molar-refractivity contribution in [3.8, 4) is 0 Å². The first-order valence-corrected chi connectivity index (χ1v) is 25.2. The third kappa shape index (κ3) is 12.9. The van der Waals surface area contributed by atoms with Crippen LogP contribution >= 0.6 is 7.26 Å². The van der Waals surface area contributed by atoms with Gasteiger partial charge in [0.25, 0.3) is 0 Å². The fourth-order valence-electron chi connectivity index (χ4n) is 9.66. The van der Waals surface area contributed by atoms with Gasteiger partial charge in [0.05, 0.1) is 36.0 Å². The van der Waals surface area contributed by atoms with Crippen LogP contribution in [-0.2, 0) is 23.7 Å². The average Bonchev–Trinajstić information content (AvgIpc) is 3.27. The molecule has 3 aromatic rings. The lowest BCUT2D eigenvalue weighted by molar-refractivity contribution is -0.292. The van der Waals surface area contributed by atoms with Crippen molar-refractivity contribution >= 4 is 29.1 Å². The number of aliphatic hydroxyl groups is 4. The minimum Gasteiger partial charge on any atom is -0.462 e. The Morgan fingerprint density at radius 1 is 0.758 bits per heavy atom. The molecule has 4 N–H and O–H groups in total. The summed E-state index contributed by atoms with van der Waals surface area (Å²) < 4.78 is 23.8. The summed E-state index contributed by atoms with van der Waals surface area (Å²) in [6.45, 7) is 11.8. The lowest BCUT2D eigenvalue weighted by Crippen LogP contribution is -2.57. The van der Waals surface area contributed by atoms with E-state index in [0.717, 1.165) is 51.2 Å². The molecule has 0 bridgehead atoms. The van der Waals surface area contributed by atoms with Gasteiger partial charge in [-0.15, -0.1) is 0 Å². The van der Waals surface area contributed by atoms with Gasteiger partial charge >= 0.3 is 5.97 Å². The summed E-state index contributed by atoms with van der Waals surface area (Å²) in [4.78, 5) is 15.7. The predicted octanol–water partition coefficient (Wildman–Crippen LogP) is 6.77. The molecular weight excluding hydrogens is 802 g/mol. The topological polar surface area (TPSA) is 138 Å². The number of nitrogens with zero attached hydrogens (tertiary/aromatic N) is 1. The first-order valence-electron chi connectivity index (χ1n) is 23.2. The highest BCUT2D eigenvalue weighted by Crippen LogP contribution is 2.56. The van der Waals surface area contributed by atoms with Gasteiger partial charge in [-0.05, 0) is 122 Å². The van der Waals surface area contributed by atoms with E-state index in [0.29, 0.717) is 25.8 Å². The molecule has 344 valence electrons. The van der Waals surface area contributed by atoms with Gasteiger partial charge in [-0.1, -0.05) is 80.8 Å². The average molecular weight is 879 g/mol. The Morgan fingerprint density at radius 3 is 1.84 bits per heavy atom. The SMILES string of the molecule is CO[C@]1(C)C[C@H](O[C@H]2CC[C@H](O)C[C@@H](C)CN(CCCCCCCC[P+](c3ccccc3)(c3ccccc3)c3ccccc3)[C@H](C)[C@@H](O)[C@](C)(O)COC(=O)[C@@H]2C)O[C@@H](C)[C@@H]1O. The zero-order valence-electron chi connectivity index (χ0n) is 38.5. The maximum atomic E-state index is 13.5. The molecule has 2 saturated heterocycles. The molecule has 0 radical (unpaired) electrons. The number of benzene rings is 3. The van der Waals surface area contributed by atoms with Gasteiger partial charge in [-0.2, -0.15) is 0 Å². The number of rotatable bonds is 15. The van der Waals surface area contributed by atoms with Crippen LogP contribution in [0.15, 0.2) is 91.0 Å². The largest absolute Gasteiger partial charge is 0.462 e. The number of ether oxygens (including phenoxy) is 4. The summed E-state index contributed by atoms with van der Waals surface area (Å²) in [6, 6.07) is 32.8. The third-order valence-electron chi connectivity index (χ3n) is 13.7. The summed E-state index contributed by atoms with van der Waals surface area (Å²) >= 11 is 0. The highest BCUT2D eigenvalue weighted by molar-refractivity contribution is 7.95. The molecule has 3 aromatic carbocycles. The number of hydrogen-bond acceptors (Lipinski definition) is 10. The van der Waals surface area contributed by atoms with Gasteiger partial charge in [-0.3, -0.25) is 9.69 Å². The molecule has 5 rings (SSSR count). The Labute approximate surface area is 372 Å². The van der Waals surface area contributed by atoms with Crippen molar-refractivity contribution in [2.75, 3.05) is 33.0 Å². The van der Waals surface area contributed by atoms with Crippen LogP contribution in [0.3, 0.4) is 0 Å². The van der Waals surface area contributed by atoms with Gasteiger partial charge in [0, 0.05) is 26.1 Å². The molecule has 2 aliphatic heterocycles. The first-order chi connectivity index (χ1) is 29.6. The molecule has 2 heterocycles. The molecule has 0 amide bonds. The van der Waals surface area contributed by atoms with E-state index in [9.17, 15) is 25.2 Å². The van der Waals surface area contributed by atoms with Crippen molar-refractivity contribution in [1.82, 2.24) is 4.90 Å². The number of hydrogen-bond donors (Lipinski definition) is 4. The van der Waals surface area contributed by atoms with E-state index in [1.165, 1.54) is 22.8 Å². The smallest absolute Gasteiger partial charge is 0.311 e. The van der Waals surface area contributed by atoms with E-state index in [1.54, 1.807) is 21.0 Å². The number of unbranched alkanes of at least 4 members (excludes halogenated alkanes) is 5. The summed E-state index contributed by atoms with van der Waals surface area (Å²) in [6.07, 6.45) is 4.52. The quantitative estimate of drug-likeness (QED) is 0.0736.